The lowest BCUT2D eigenvalue weighted by atomic mass is 10.1. The normalized spacial score (nSPS) is 24.3. The first-order valence-corrected chi connectivity index (χ1v) is 9.02. The number of nitrogens with zero attached hydrogens (tertiary/aromatic N) is 1. The predicted molar refractivity (Wildman–Crippen MR) is 83.4 cm³/mol. The Labute approximate surface area is 134 Å². The highest BCUT2D eigenvalue weighted by molar-refractivity contribution is 7.89. The highest BCUT2D eigenvalue weighted by atomic mass is 32.2. The molecule has 0 spiro atoms. The molecule has 0 saturated heterocycles. The van der Waals surface area contributed by atoms with Crippen molar-refractivity contribution in [2.24, 2.45) is 11.7 Å². The Balaban J connectivity index is 1.90. The van der Waals surface area contributed by atoms with Gasteiger partial charge in [0.2, 0.25) is 10.0 Å². The van der Waals surface area contributed by atoms with E-state index < -0.39 is 21.8 Å². The van der Waals surface area contributed by atoms with Gasteiger partial charge in [-0.15, -0.1) is 0 Å². The molecule has 0 radical (unpaired) electrons. The highest BCUT2D eigenvalue weighted by Crippen LogP contribution is 2.28. The minimum atomic E-state index is -3.75. The Morgan fingerprint density at radius 2 is 1.91 bits per heavy atom. The van der Waals surface area contributed by atoms with E-state index in [-0.39, 0.29) is 28.0 Å². The number of carbonyl (C=O) groups excluding carboxylic acids is 2. The largest absolute Gasteiger partial charge is 0.330 e. The van der Waals surface area contributed by atoms with Crippen LogP contribution in [0.3, 0.4) is 0 Å². The van der Waals surface area contributed by atoms with E-state index in [1.165, 1.54) is 25.2 Å². The van der Waals surface area contributed by atoms with Gasteiger partial charge in [-0.25, -0.2) is 13.1 Å². The second-order valence-electron chi connectivity index (χ2n) is 6.03. The molecule has 2 unspecified atom stereocenters. The van der Waals surface area contributed by atoms with Crippen molar-refractivity contribution in [3.8, 4) is 0 Å². The zero-order valence-corrected chi connectivity index (χ0v) is 13.6. The molecule has 2 amide bonds. The summed E-state index contributed by atoms with van der Waals surface area (Å²) in [5, 5.41) is 0. The van der Waals surface area contributed by atoms with Crippen molar-refractivity contribution < 1.29 is 18.0 Å². The summed E-state index contributed by atoms with van der Waals surface area (Å²) in [6.07, 6.45) is 2.61. The molecule has 1 saturated carbocycles. The number of sulfonamides is 1. The van der Waals surface area contributed by atoms with E-state index >= 15 is 0 Å². The second-order valence-corrected chi connectivity index (χ2v) is 7.75. The molecule has 0 bridgehead atoms. The Kier molecular flexibility index (Phi) is 3.99. The quantitative estimate of drug-likeness (QED) is 0.769. The summed E-state index contributed by atoms with van der Waals surface area (Å²) in [5.41, 5.74) is 6.04. The molecule has 8 heteroatoms. The van der Waals surface area contributed by atoms with Crippen LogP contribution in [0.15, 0.2) is 23.1 Å². The van der Waals surface area contributed by atoms with Gasteiger partial charge in [-0.2, -0.15) is 0 Å². The SMILES string of the molecule is CN1C(=O)c2ccc(S(=O)(=O)NC3CCCC3CN)cc2C1=O. The third-order valence-electron chi connectivity index (χ3n) is 4.64. The summed E-state index contributed by atoms with van der Waals surface area (Å²) < 4.78 is 27.8. The van der Waals surface area contributed by atoms with Gasteiger partial charge in [0.05, 0.1) is 16.0 Å². The lowest BCUT2D eigenvalue weighted by Gasteiger charge is -2.19. The maximum absolute atomic E-state index is 12.6. The smallest absolute Gasteiger partial charge is 0.261 e. The van der Waals surface area contributed by atoms with Gasteiger partial charge in [-0.3, -0.25) is 14.5 Å². The van der Waals surface area contributed by atoms with Crippen LogP contribution in [-0.4, -0.2) is 44.8 Å². The zero-order valence-electron chi connectivity index (χ0n) is 12.8. The molecular formula is C15H19N3O4S. The predicted octanol–water partition coefficient (Wildman–Crippen LogP) is 0.318. The third kappa shape index (κ3) is 2.66. The average molecular weight is 337 g/mol. The summed E-state index contributed by atoms with van der Waals surface area (Å²) in [6.45, 7) is 0.440. The number of imide groups is 1. The molecule has 3 N–H and O–H groups in total. The minimum Gasteiger partial charge on any atom is -0.330 e. The number of benzene rings is 1. The van der Waals surface area contributed by atoms with Crippen LogP contribution >= 0.6 is 0 Å². The van der Waals surface area contributed by atoms with Crippen molar-refractivity contribution in [3.05, 3.63) is 29.3 Å². The molecule has 1 aliphatic carbocycles. The van der Waals surface area contributed by atoms with Crippen molar-refractivity contribution in [1.82, 2.24) is 9.62 Å². The molecule has 2 aliphatic rings. The van der Waals surface area contributed by atoms with E-state index in [2.05, 4.69) is 4.72 Å². The number of hydrogen-bond donors (Lipinski definition) is 2. The molecule has 2 atom stereocenters. The average Bonchev–Trinajstić information content (AvgIpc) is 3.05. The molecule has 1 aromatic rings. The van der Waals surface area contributed by atoms with Crippen LogP contribution in [-0.2, 0) is 10.0 Å². The van der Waals surface area contributed by atoms with E-state index in [4.69, 9.17) is 5.73 Å². The fourth-order valence-electron chi connectivity index (χ4n) is 3.25. The van der Waals surface area contributed by atoms with Gasteiger partial charge in [0, 0.05) is 13.1 Å². The maximum atomic E-state index is 12.6. The number of nitrogens with two attached hydrogens (primary N) is 1. The van der Waals surface area contributed by atoms with Gasteiger partial charge in [0.15, 0.2) is 0 Å². The van der Waals surface area contributed by atoms with E-state index in [0.29, 0.717) is 6.54 Å². The lowest BCUT2D eigenvalue weighted by Crippen LogP contribution is -2.39. The summed E-state index contributed by atoms with van der Waals surface area (Å²) in [6, 6.07) is 3.84. The van der Waals surface area contributed by atoms with Gasteiger partial charge in [-0.05, 0) is 43.5 Å². The van der Waals surface area contributed by atoms with Crippen molar-refractivity contribution in [2.45, 2.75) is 30.2 Å². The zero-order chi connectivity index (χ0) is 16.8. The van der Waals surface area contributed by atoms with E-state index in [1.807, 2.05) is 0 Å². The summed E-state index contributed by atoms with van der Waals surface area (Å²) >= 11 is 0. The van der Waals surface area contributed by atoms with Crippen LogP contribution in [0.5, 0.6) is 0 Å². The molecule has 1 fully saturated rings. The Bertz CT molecular complexity index is 775. The number of nitrogens with one attached hydrogen (secondary N) is 1. The Hall–Kier alpha value is -1.77. The number of hydrogen-bond acceptors (Lipinski definition) is 5. The number of fused-ring (bicyclic) bond motifs is 1. The summed E-state index contributed by atoms with van der Waals surface area (Å²) in [5.74, 6) is -0.766. The molecule has 1 aliphatic heterocycles. The fraction of sp³-hybridized carbons (Fsp3) is 0.467. The molecular weight excluding hydrogens is 318 g/mol. The minimum absolute atomic E-state index is 0.00429. The Morgan fingerprint density at radius 1 is 1.22 bits per heavy atom. The van der Waals surface area contributed by atoms with Crippen LogP contribution in [0.2, 0.25) is 0 Å². The van der Waals surface area contributed by atoms with Crippen molar-refractivity contribution in [3.63, 3.8) is 0 Å². The summed E-state index contributed by atoms with van der Waals surface area (Å²) in [4.78, 5) is 24.8. The van der Waals surface area contributed by atoms with Gasteiger partial charge in [0.1, 0.15) is 0 Å². The van der Waals surface area contributed by atoms with E-state index in [1.54, 1.807) is 0 Å². The third-order valence-corrected chi connectivity index (χ3v) is 6.13. The van der Waals surface area contributed by atoms with Crippen molar-refractivity contribution >= 4 is 21.8 Å². The highest BCUT2D eigenvalue weighted by Gasteiger charge is 2.35. The first-order valence-electron chi connectivity index (χ1n) is 7.54. The molecule has 0 aromatic heterocycles. The molecule has 1 aromatic carbocycles. The van der Waals surface area contributed by atoms with E-state index in [9.17, 15) is 18.0 Å². The topological polar surface area (TPSA) is 110 Å². The molecule has 124 valence electrons. The maximum Gasteiger partial charge on any atom is 0.261 e. The van der Waals surface area contributed by atoms with Gasteiger partial charge >= 0.3 is 0 Å². The van der Waals surface area contributed by atoms with E-state index in [0.717, 1.165) is 24.2 Å². The number of rotatable bonds is 4. The van der Waals surface area contributed by atoms with Crippen LogP contribution < -0.4 is 10.5 Å². The number of amides is 2. The Morgan fingerprint density at radius 3 is 2.61 bits per heavy atom. The van der Waals surface area contributed by atoms with Crippen LogP contribution in [0.25, 0.3) is 0 Å². The van der Waals surface area contributed by atoms with Gasteiger partial charge < -0.3 is 5.73 Å². The molecule has 1 heterocycles. The monoisotopic (exact) mass is 337 g/mol. The van der Waals surface area contributed by atoms with Crippen molar-refractivity contribution in [1.29, 1.82) is 0 Å². The van der Waals surface area contributed by atoms with Gasteiger partial charge in [0.25, 0.3) is 11.8 Å². The summed E-state index contributed by atoms with van der Waals surface area (Å²) in [7, 11) is -2.38. The molecule has 3 rings (SSSR count). The van der Waals surface area contributed by atoms with Crippen LogP contribution in [0, 0.1) is 5.92 Å². The molecule has 23 heavy (non-hydrogen) atoms. The first kappa shape index (κ1) is 16.1. The van der Waals surface area contributed by atoms with Crippen molar-refractivity contribution in [2.75, 3.05) is 13.6 Å². The standard InChI is InChI=1S/C15H19N3O4S/c1-18-14(19)11-6-5-10(7-12(11)15(18)20)23(21,22)17-13-4-2-3-9(13)8-16/h5-7,9,13,17H,2-4,8,16H2,1H3. The van der Waals surface area contributed by atoms with Crippen LogP contribution in [0.4, 0.5) is 0 Å². The first-order chi connectivity index (χ1) is 10.8. The number of carbonyl (C=O) groups is 2. The van der Waals surface area contributed by atoms with Gasteiger partial charge in [-0.1, -0.05) is 6.42 Å². The second kappa shape index (κ2) is 5.70. The lowest BCUT2D eigenvalue weighted by molar-refractivity contribution is 0.0693. The molecule has 7 nitrogen and oxygen atoms in total. The van der Waals surface area contributed by atoms with Crippen LogP contribution in [0.1, 0.15) is 40.0 Å². The fourth-order valence-corrected chi connectivity index (χ4v) is 4.61.